The third-order valence-corrected chi connectivity index (χ3v) is 4.69. The molecule has 0 aromatic heterocycles. The van der Waals surface area contributed by atoms with Gasteiger partial charge in [-0.2, -0.15) is 0 Å². The normalized spacial score (nSPS) is 25.2. The molecule has 0 spiro atoms. The predicted octanol–water partition coefficient (Wildman–Crippen LogP) is 4.45. The molecule has 1 fully saturated rings. The van der Waals surface area contributed by atoms with Gasteiger partial charge in [-0.05, 0) is 58.9 Å². The summed E-state index contributed by atoms with van der Waals surface area (Å²) in [5, 5.41) is 0. The fraction of sp³-hybridized carbons (Fsp3) is 0.750. The Hall–Kier alpha value is -0.535. The van der Waals surface area contributed by atoms with Gasteiger partial charge in [-0.25, -0.2) is 0 Å². The molecule has 19 heavy (non-hydrogen) atoms. The van der Waals surface area contributed by atoms with Crippen LogP contribution in [0.15, 0.2) is 23.2 Å². The fourth-order valence-corrected chi connectivity index (χ4v) is 2.61. The van der Waals surface area contributed by atoms with Gasteiger partial charge >= 0.3 is 7.12 Å². The molecule has 1 aliphatic heterocycles. The number of unbranched alkanes of at least 4 members (excludes halogenated alkanes) is 1. The van der Waals surface area contributed by atoms with Crippen molar-refractivity contribution in [1.82, 2.24) is 0 Å². The van der Waals surface area contributed by atoms with Gasteiger partial charge in [0.05, 0.1) is 11.2 Å². The van der Waals surface area contributed by atoms with Crippen LogP contribution in [0.5, 0.6) is 0 Å². The molecule has 2 rings (SSSR count). The number of rotatable bonds is 4. The van der Waals surface area contributed by atoms with Crippen molar-refractivity contribution in [2.24, 2.45) is 0 Å². The van der Waals surface area contributed by atoms with E-state index in [2.05, 4.69) is 46.8 Å². The van der Waals surface area contributed by atoms with E-state index in [-0.39, 0.29) is 18.3 Å². The quantitative estimate of drug-likeness (QED) is 0.550. The lowest BCUT2D eigenvalue weighted by Gasteiger charge is -2.32. The van der Waals surface area contributed by atoms with Crippen molar-refractivity contribution in [3.05, 3.63) is 23.2 Å². The van der Waals surface area contributed by atoms with Gasteiger partial charge < -0.3 is 9.31 Å². The summed E-state index contributed by atoms with van der Waals surface area (Å²) in [5.41, 5.74) is 2.43. The van der Waals surface area contributed by atoms with Gasteiger partial charge in [0, 0.05) is 0 Å². The zero-order valence-corrected chi connectivity index (χ0v) is 13.1. The highest BCUT2D eigenvalue weighted by atomic mass is 16.7. The fourth-order valence-electron chi connectivity index (χ4n) is 2.61. The average molecular weight is 262 g/mol. The predicted molar refractivity (Wildman–Crippen MR) is 81.0 cm³/mol. The van der Waals surface area contributed by atoms with Gasteiger partial charge in [0.15, 0.2) is 0 Å². The number of allylic oxidation sites excluding steroid dienone is 4. The second-order valence-corrected chi connectivity index (χ2v) is 6.70. The molecular formula is C16H27BO2. The zero-order valence-electron chi connectivity index (χ0n) is 13.1. The molecular weight excluding hydrogens is 235 g/mol. The van der Waals surface area contributed by atoms with Crippen LogP contribution in [0.3, 0.4) is 0 Å². The molecule has 0 saturated carbocycles. The van der Waals surface area contributed by atoms with E-state index in [1.165, 1.54) is 30.3 Å². The average Bonchev–Trinajstić information content (AvgIpc) is 2.56. The standard InChI is InChI=1S/C16H27BO2/c1-6-7-10-13-11-8-9-12-14(13)17-18-15(2,3)16(4,5)19-17/h8-9H,6-7,10-12H2,1-5H3. The van der Waals surface area contributed by atoms with Crippen LogP contribution >= 0.6 is 0 Å². The molecule has 0 aromatic carbocycles. The van der Waals surface area contributed by atoms with E-state index in [0.717, 1.165) is 12.8 Å². The monoisotopic (exact) mass is 262 g/mol. The summed E-state index contributed by atoms with van der Waals surface area (Å²) in [6, 6.07) is 0. The first-order chi connectivity index (χ1) is 8.87. The highest BCUT2D eigenvalue weighted by molar-refractivity contribution is 6.55. The molecule has 0 N–H and O–H groups in total. The molecule has 1 heterocycles. The Labute approximate surface area is 118 Å². The van der Waals surface area contributed by atoms with Crippen LogP contribution in [0.25, 0.3) is 0 Å². The van der Waals surface area contributed by atoms with Crippen molar-refractivity contribution in [3.63, 3.8) is 0 Å². The second-order valence-electron chi connectivity index (χ2n) is 6.70. The summed E-state index contributed by atoms with van der Waals surface area (Å²) in [7, 11) is -0.151. The lowest BCUT2D eigenvalue weighted by atomic mass is 9.70. The molecule has 1 aliphatic carbocycles. The Morgan fingerprint density at radius 3 is 2.21 bits per heavy atom. The van der Waals surface area contributed by atoms with Gasteiger partial charge in [-0.3, -0.25) is 0 Å². The lowest BCUT2D eigenvalue weighted by molar-refractivity contribution is 0.00578. The van der Waals surface area contributed by atoms with Crippen molar-refractivity contribution in [2.75, 3.05) is 0 Å². The summed E-state index contributed by atoms with van der Waals surface area (Å²) in [6.45, 7) is 10.7. The van der Waals surface area contributed by atoms with Crippen molar-refractivity contribution in [3.8, 4) is 0 Å². The van der Waals surface area contributed by atoms with Gasteiger partial charge in [-0.1, -0.05) is 31.1 Å². The molecule has 2 nitrogen and oxygen atoms in total. The Balaban J connectivity index is 2.18. The van der Waals surface area contributed by atoms with Crippen molar-refractivity contribution in [1.29, 1.82) is 0 Å². The molecule has 3 heteroatoms. The largest absolute Gasteiger partial charge is 0.490 e. The van der Waals surface area contributed by atoms with E-state index in [1.54, 1.807) is 0 Å². The maximum Gasteiger partial charge on any atom is 0.490 e. The first-order valence-corrected chi connectivity index (χ1v) is 7.59. The third-order valence-electron chi connectivity index (χ3n) is 4.69. The van der Waals surface area contributed by atoms with E-state index in [1.807, 2.05) is 0 Å². The van der Waals surface area contributed by atoms with Gasteiger partial charge in [0.1, 0.15) is 0 Å². The number of hydrogen-bond donors (Lipinski definition) is 0. The van der Waals surface area contributed by atoms with Crippen molar-refractivity contribution >= 4 is 7.12 Å². The first kappa shape index (κ1) is 14.9. The van der Waals surface area contributed by atoms with E-state index in [4.69, 9.17) is 9.31 Å². The SMILES string of the molecule is CCCCC1=C(B2OC(C)(C)C(C)(C)O2)CC=CC1. The molecule has 0 atom stereocenters. The van der Waals surface area contributed by atoms with E-state index >= 15 is 0 Å². The minimum Gasteiger partial charge on any atom is -0.400 e. The minimum absolute atomic E-state index is 0.151. The highest BCUT2D eigenvalue weighted by Crippen LogP contribution is 2.41. The van der Waals surface area contributed by atoms with Gasteiger partial charge in [0.25, 0.3) is 0 Å². The third kappa shape index (κ3) is 2.98. The summed E-state index contributed by atoms with van der Waals surface area (Å²) < 4.78 is 12.4. The van der Waals surface area contributed by atoms with E-state index in [9.17, 15) is 0 Å². The maximum atomic E-state index is 6.20. The summed E-state index contributed by atoms with van der Waals surface area (Å²) in [6.07, 6.45) is 10.3. The molecule has 0 aromatic rings. The van der Waals surface area contributed by atoms with E-state index in [0.29, 0.717) is 0 Å². The van der Waals surface area contributed by atoms with Crippen LogP contribution in [0.4, 0.5) is 0 Å². The van der Waals surface area contributed by atoms with Crippen LogP contribution < -0.4 is 0 Å². The smallest absolute Gasteiger partial charge is 0.400 e. The maximum absolute atomic E-state index is 6.20. The van der Waals surface area contributed by atoms with E-state index < -0.39 is 0 Å². The molecule has 1 saturated heterocycles. The van der Waals surface area contributed by atoms with Crippen molar-refractivity contribution < 1.29 is 9.31 Å². The Morgan fingerprint density at radius 1 is 1.05 bits per heavy atom. The molecule has 2 aliphatic rings. The van der Waals surface area contributed by atoms with Gasteiger partial charge in [0.2, 0.25) is 0 Å². The minimum atomic E-state index is -0.234. The highest BCUT2D eigenvalue weighted by Gasteiger charge is 2.52. The van der Waals surface area contributed by atoms with Crippen LogP contribution in [0, 0.1) is 0 Å². The van der Waals surface area contributed by atoms with Crippen LogP contribution in [0.2, 0.25) is 0 Å². The Morgan fingerprint density at radius 2 is 1.63 bits per heavy atom. The Kier molecular flexibility index (Phi) is 4.27. The van der Waals surface area contributed by atoms with Crippen LogP contribution in [-0.4, -0.2) is 18.3 Å². The number of hydrogen-bond acceptors (Lipinski definition) is 2. The lowest BCUT2D eigenvalue weighted by Crippen LogP contribution is -2.41. The molecule has 0 amide bonds. The molecule has 106 valence electrons. The van der Waals surface area contributed by atoms with Gasteiger partial charge in [-0.15, -0.1) is 0 Å². The second kappa shape index (κ2) is 5.45. The Bertz CT molecular complexity index is 378. The van der Waals surface area contributed by atoms with Crippen molar-refractivity contribution in [2.45, 2.75) is 77.9 Å². The summed E-state index contributed by atoms with van der Waals surface area (Å²) >= 11 is 0. The topological polar surface area (TPSA) is 18.5 Å². The molecule has 0 unspecified atom stereocenters. The zero-order chi connectivity index (χ0) is 14.1. The first-order valence-electron chi connectivity index (χ1n) is 7.59. The molecule has 0 radical (unpaired) electrons. The molecule has 0 bridgehead atoms. The summed E-state index contributed by atoms with van der Waals surface area (Å²) in [4.78, 5) is 0. The van der Waals surface area contributed by atoms with Crippen LogP contribution in [0.1, 0.15) is 66.7 Å². The summed E-state index contributed by atoms with van der Waals surface area (Å²) in [5.74, 6) is 0. The van der Waals surface area contributed by atoms with Crippen LogP contribution in [-0.2, 0) is 9.31 Å².